The van der Waals surface area contributed by atoms with Gasteiger partial charge in [0.05, 0.1) is 5.52 Å². The standard InChI is InChI=1S/C16H21ClN2/c1-3-8-18-14(4-2)10-12-7-9-19-16-11-13(17)5-6-15(12)16/h5-7,9,11,14,18H,3-4,8,10H2,1-2H3. The summed E-state index contributed by atoms with van der Waals surface area (Å²) >= 11 is 6.02. The molecular weight excluding hydrogens is 256 g/mol. The minimum absolute atomic E-state index is 0.529. The molecule has 19 heavy (non-hydrogen) atoms. The zero-order valence-electron chi connectivity index (χ0n) is 11.6. The molecule has 1 aromatic heterocycles. The van der Waals surface area contributed by atoms with Gasteiger partial charge in [0.2, 0.25) is 0 Å². The summed E-state index contributed by atoms with van der Waals surface area (Å²) in [7, 11) is 0. The molecule has 0 saturated carbocycles. The predicted molar refractivity (Wildman–Crippen MR) is 82.8 cm³/mol. The molecule has 1 heterocycles. The Morgan fingerprint density at radius 3 is 2.84 bits per heavy atom. The first-order chi connectivity index (χ1) is 9.24. The molecule has 3 heteroatoms. The van der Waals surface area contributed by atoms with Crippen LogP contribution in [0.1, 0.15) is 32.3 Å². The zero-order chi connectivity index (χ0) is 13.7. The van der Waals surface area contributed by atoms with Crippen LogP contribution in [-0.4, -0.2) is 17.6 Å². The average Bonchev–Trinajstić information content (AvgIpc) is 2.43. The van der Waals surface area contributed by atoms with Gasteiger partial charge in [-0.25, -0.2) is 0 Å². The number of hydrogen-bond acceptors (Lipinski definition) is 2. The molecule has 1 atom stereocenters. The van der Waals surface area contributed by atoms with Crippen molar-refractivity contribution in [1.82, 2.24) is 10.3 Å². The van der Waals surface area contributed by atoms with E-state index in [1.165, 1.54) is 17.4 Å². The Labute approximate surface area is 120 Å². The Morgan fingerprint density at radius 1 is 1.26 bits per heavy atom. The van der Waals surface area contributed by atoms with Crippen molar-refractivity contribution in [2.45, 2.75) is 39.2 Å². The van der Waals surface area contributed by atoms with Crippen LogP contribution >= 0.6 is 11.6 Å². The SMILES string of the molecule is CCCNC(CC)Cc1ccnc2cc(Cl)ccc12. The summed E-state index contributed by atoms with van der Waals surface area (Å²) in [5.74, 6) is 0. The van der Waals surface area contributed by atoms with E-state index in [4.69, 9.17) is 11.6 Å². The van der Waals surface area contributed by atoms with E-state index in [1.54, 1.807) is 0 Å². The number of nitrogens with one attached hydrogen (secondary N) is 1. The van der Waals surface area contributed by atoms with Gasteiger partial charge in [0.15, 0.2) is 0 Å². The quantitative estimate of drug-likeness (QED) is 0.855. The zero-order valence-corrected chi connectivity index (χ0v) is 12.4. The van der Waals surface area contributed by atoms with Gasteiger partial charge in [-0.3, -0.25) is 4.98 Å². The van der Waals surface area contributed by atoms with Crippen molar-refractivity contribution in [2.24, 2.45) is 0 Å². The highest BCUT2D eigenvalue weighted by molar-refractivity contribution is 6.31. The molecule has 0 fully saturated rings. The second-order valence-electron chi connectivity index (χ2n) is 4.89. The molecule has 1 unspecified atom stereocenters. The highest BCUT2D eigenvalue weighted by Crippen LogP contribution is 2.22. The molecule has 2 aromatic rings. The van der Waals surface area contributed by atoms with Crippen molar-refractivity contribution < 1.29 is 0 Å². The van der Waals surface area contributed by atoms with E-state index < -0.39 is 0 Å². The fourth-order valence-corrected chi connectivity index (χ4v) is 2.50. The van der Waals surface area contributed by atoms with Crippen LogP contribution < -0.4 is 5.32 Å². The van der Waals surface area contributed by atoms with Crippen LogP contribution in [0.2, 0.25) is 5.02 Å². The second-order valence-corrected chi connectivity index (χ2v) is 5.33. The highest BCUT2D eigenvalue weighted by Gasteiger charge is 2.09. The molecule has 0 aliphatic carbocycles. The van der Waals surface area contributed by atoms with Crippen molar-refractivity contribution in [1.29, 1.82) is 0 Å². The Bertz CT molecular complexity index is 539. The van der Waals surface area contributed by atoms with Gasteiger partial charge >= 0.3 is 0 Å². The van der Waals surface area contributed by atoms with Crippen molar-refractivity contribution in [3.05, 3.63) is 41.0 Å². The number of hydrogen-bond donors (Lipinski definition) is 1. The van der Waals surface area contributed by atoms with E-state index in [0.29, 0.717) is 6.04 Å². The molecule has 2 rings (SSSR count). The number of pyridine rings is 1. The fourth-order valence-electron chi connectivity index (χ4n) is 2.33. The van der Waals surface area contributed by atoms with Crippen molar-refractivity contribution >= 4 is 22.5 Å². The van der Waals surface area contributed by atoms with Crippen molar-refractivity contribution in [2.75, 3.05) is 6.54 Å². The molecule has 0 aliphatic heterocycles. The van der Waals surface area contributed by atoms with Crippen LogP contribution in [0.5, 0.6) is 0 Å². The molecule has 2 nitrogen and oxygen atoms in total. The second kappa shape index (κ2) is 6.88. The van der Waals surface area contributed by atoms with Gasteiger partial charge in [-0.05, 0) is 49.6 Å². The van der Waals surface area contributed by atoms with Crippen LogP contribution in [0.15, 0.2) is 30.5 Å². The summed E-state index contributed by atoms with van der Waals surface area (Å²) in [5.41, 5.74) is 2.33. The fraction of sp³-hybridized carbons (Fsp3) is 0.438. The molecule has 102 valence electrons. The number of halogens is 1. The summed E-state index contributed by atoms with van der Waals surface area (Å²) < 4.78 is 0. The lowest BCUT2D eigenvalue weighted by atomic mass is 10.0. The molecule has 0 bridgehead atoms. The largest absolute Gasteiger partial charge is 0.314 e. The molecule has 0 spiro atoms. The highest BCUT2D eigenvalue weighted by atomic mass is 35.5. The minimum atomic E-state index is 0.529. The molecule has 0 amide bonds. The predicted octanol–water partition coefficient (Wildman–Crippen LogP) is 4.21. The van der Waals surface area contributed by atoms with E-state index in [2.05, 4.69) is 36.3 Å². The Kier molecular flexibility index (Phi) is 5.17. The first-order valence-electron chi connectivity index (χ1n) is 7.01. The van der Waals surface area contributed by atoms with Crippen molar-refractivity contribution in [3.8, 4) is 0 Å². The van der Waals surface area contributed by atoms with Gasteiger partial charge in [-0.15, -0.1) is 0 Å². The number of nitrogens with zero attached hydrogens (tertiary/aromatic N) is 1. The maximum absolute atomic E-state index is 6.02. The monoisotopic (exact) mass is 276 g/mol. The van der Waals surface area contributed by atoms with Gasteiger partial charge in [0.25, 0.3) is 0 Å². The summed E-state index contributed by atoms with van der Waals surface area (Å²) in [6.45, 7) is 5.50. The van der Waals surface area contributed by atoms with Gasteiger partial charge in [0.1, 0.15) is 0 Å². The van der Waals surface area contributed by atoms with Crippen LogP contribution in [0, 0.1) is 0 Å². The molecular formula is C16H21ClN2. The average molecular weight is 277 g/mol. The normalized spacial score (nSPS) is 12.8. The first kappa shape index (κ1) is 14.3. The lowest BCUT2D eigenvalue weighted by Crippen LogP contribution is -2.31. The first-order valence-corrected chi connectivity index (χ1v) is 7.39. The Balaban J connectivity index is 2.24. The number of fused-ring (bicyclic) bond motifs is 1. The minimum Gasteiger partial charge on any atom is -0.314 e. The third-order valence-corrected chi connectivity index (χ3v) is 3.67. The topological polar surface area (TPSA) is 24.9 Å². The number of benzene rings is 1. The van der Waals surface area contributed by atoms with Gasteiger partial charge in [0, 0.05) is 22.6 Å². The van der Waals surface area contributed by atoms with Crippen LogP contribution in [0.3, 0.4) is 0 Å². The van der Waals surface area contributed by atoms with Crippen LogP contribution in [0.4, 0.5) is 0 Å². The summed E-state index contributed by atoms with van der Waals surface area (Å²) in [5, 5.41) is 5.55. The summed E-state index contributed by atoms with van der Waals surface area (Å²) in [6.07, 6.45) is 5.22. The van der Waals surface area contributed by atoms with Gasteiger partial charge in [-0.2, -0.15) is 0 Å². The molecule has 0 saturated heterocycles. The summed E-state index contributed by atoms with van der Waals surface area (Å²) in [6, 6.07) is 8.59. The van der Waals surface area contributed by atoms with Crippen LogP contribution in [0.25, 0.3) is 10.9 Å². The van der Waals surface area contributed by atoms with Gasteiger partial charge in [-0.1, -0.05) is 31.5 Å². The van der Waals surface area contributed by atoms with E-state index in [9.17, 15) is 0 Å². The Morgan fingerprint density at radius 2 is 2.11 bits per heavy atom. The lowest BCUT2D eigenvalue weighted by molar-refractivity contribution is 0.496. The van der Waals surface area contributed by atoms with Gasteiger partial charge < -0.3 is 5.32 Å². The van der Waals surface area contributed by atoms with E-state index >= 15 is 0 Å². The number of aromatic nitrogens is 1. The summed E-state index contributed by atoms with van der Waals surface area (Å²) in [4.78, 5) is 4.39. The molecule has 1 aromatic carbocycles. The maximum Gasteiger partial charge on any atom is 0.0719 e. The Hall–Kier alpha value is -1.12. The molecule has 0 radical (unpaired) electrons. The maximum atomic E-state index is 6.02. The van der Waals surface area contributed by atoms with Crippen molar-refractivity contribution in [3.63, 3.8) is 0 Å². The molecule has 0 aliphatic rings. The van der Waals surface area contributed by atoms with Crippen LogP contribution in [-0.2, 0) is 6.42 Å². The van der Waals surface area contributed by atoms with E-state index in [1.807, 2.05) is 18.3 Å². The third kappa shape index (κ3) is 3.68. The lowest BCUT2D eigenvalue weighted by Gasteiger charge is -2.17. The van der Waals surface area contributed by atoms with E-state index in [0.717, 1.165) is 29.9 Å². The van der Waals surface area contributed by atoms with E-state index in [-0.39, 0.29) is 0 Å². The molecule has 1 N–H and O–H groups in total. The third-order valence-electron chi connectivity index (χ3n) is 3.44. The smallest absolute Gasteiger partial charge is 0.0719 e. The number of rotatable bonds is 6.